The maximum atomic E-state index is 5.52. The number of benzene rings is 1. The summed E-state index contributed by atoms with van der Waals surface area (Å²) >= 11 is 1.62. The van der Waals surface area contributed by atoms with Gasteiger partial charge in [0.2, 0.25) is 5.82 Å². The number of aromatic nitrogens is 5. The van der Waals surface area contributed by atoms with Gasteiger partial charge in [-0.05, 0) is 30.6 Å². The van der Waals surface area contributed by atoms with Crippen molar-refractivity contribution in [1.82, 2.24) is 35.1 Å². The molecule has 0 bridgehead atoms. The highest BCUT2D eigenvalue weighted by Crippen LogP contribution is 2.28. The number of nitrogens with one attached hydrogen (secondary N) is 1. The van der Waals surface area contributed by atoms with Gasteiger partial charge in [0, 0.05) is 19.6 Å². The second kappa shape index (κ2) is 8.42. The van der Waals surface area contributed by atoms with E-state index in [2.05, 4.69) is 32.5 Å². The lowest BCUT2D eigenvalue weighted by molar-refractivity contribution is 0.190. The summed E-state index contributed by atoms with van der Waals surface area (Å²) in [5, 5.41) is 14.2. The molecule has 0 saturated carbocycles. The number of nitrogens with zero attached hydrogens (tertiary/aromatic N) is 6. The molecule has 29 heavy (non-hydrogen) atoms. The molecule has 1 N–H and O–H groups in total. The van der Waals surface area contributed by atoms with Crippen LogP contribution in [0.4, 0.5) is 0 Å². The molecule has 1 saturated heterocycles. The predicted molar refractivity (Wildman–Crippen MR) is 113 cm³/mol. The molecule has 1 aliphatic rings. The molecule has 3 aromatic heterocycles. The van der Waals surface area contributed by atoms with Gasteiger partial charge in [0.1, 0.15) is 0 Å². The Morgan fingerprint density at radius 2 is 2.00 bits per heavy atom. The fourth-order valence-electron chi connectivity index (χ4n) is 3.27. The van der Waals surface area contributed by atoms with Gasteiger partial charge in [0.05, 0.1) is 16.6 Å². The Morgan fingerprint density at radius 1 is 1.14 bits per heavy atom. The first-order chi connectivity index (χ1) is 13.8. The van der Waals surface area contributed by atoms with Crippen LogP contribution >= 0.6 is 23.7 Å². The number of likely N-dealkylation sites (N-methyl/N-ethyl adjacent to an activating group) is 1. The van der Waals surface area contributed by atoms with E-state index in [-0.39, 0.29) is 18.4 Å². The molecule has 8 nitrogen and oxygen atoms in total. The minimum atomic E-state index is 0. The van der Waals surface area contributed by atoms with Gasteiger partial charge < -0.3 is 9.84 Å². The Labute approximate surface area is 178 Å². The van der Waals surface area contributed by atoms with Crippen molar-refractivity contribution in [2.75, 3.05) is 26.7 Å². The quantitative estimate of drug-likeness (QED) is 0.533. The first-order valence-electron chi connectivity index (χ1n) is 9.11. The van der Waals surface area contributed by atoms with E-state index in [0.29, 0.717) is 17.5 Å². The van der Waals surface area contributed by atoms with E-state index in [9.17, 15) is 0 Å². The fourth-order valence-corrected chi connectivity index (χ4v) is 3.97. The zero-order valence-corrected chi connectivity index (χ0v) is 17.4. The molecule has 1 aliphatic heterocycles. The number of halogens is 1. The Morgan fingerprint density at radius 3 is 2.76 bits per heavy atom. The summed E-state index contributed by atoms with van der Waals surface area (Å²) in [5.41, 5.74) is 0.931. The number of para-hydroxylation sites is 1. The molecule has 1 atom stereocenters. The molecular formula is C19H20ClN7OS. The molecule has 10 heteroatoms. The number of hydrogen-bond donors (Lipinski definition) is 1. The van der Waals surface area contributed by atoms with Crippen molar-refractivity contribution in [3.8, 4) is 28.1 Å². The van der Waals surface area contributed by atoms with Gasteiger partial charge in [0.25, 0.3) is 5.89 Å². The lowest BCUT2D eigenvalue weighted by atomic mass is 10.2. The Balaban J connectivity index is 0.00000205. The Kier molecular flexibility index (Phi) is 5.72. The SMILES string of the molecule is CN1CCNCC1c1noc(-c2nc(-c3cccs3)n(-c3ccccc3)n2)n1.Cl. The molecule has 4 aromatic rings. The molecule has 150 valence electrons. The van der Waals surface area contributed by atoms with Crippen LogP contribution in [0.2, 0.25) is 0 Å². The van der Waals surface area contributed by atoms with Gasteiger partial charge in [-0.1, -0.05) is 29.4 Å². The molecule has 0 spiro atoms. The number of piperazine rings is 1. The lowest BCUT2D eigenvalue weighted by Crippen LogP contribution is -2.44. The smallest absolute Gasteiger partial charge is 0.297 e. The second-order valence-corrected chi connectivity index (χ2v) is 7.59. The third-order valence-electron chi connectivity index (χ3n) is 4.79. The summed E-state index contributed by atoms with van der Waals surface area (Å²) in [5.74, 6) is 2.17. The summed E-state index contributed by atoms with van der Waals surface area (Å²) in [6, 6.07) is 14.0. The monoisotopic (exact) mass is 429 g/mol. The molecule has 1 unspecified atom stereocenters. The average molecular weight is 430 g/mol. The molecular weight excluding hydrogens is 410 g/mol. The molecule has 1 fully saturated rings. The number of hydrogen-bond acceptors (Lipinski definition) is 8. The minimum absolute atomic E-state index is 0. The first kappa shape index (κ1) is 19.7. The van der Waals surface area contributed by atoms with E-state index < -0.39 is 0 Å². The molecule has 0 radical (unpaired) electrons. The predicted octanol–water partition coefficient (Wildman–Crippen LogP) is 3.04. The van der Waals surface area contributed by atoms with Gasteiger partial charge in [-0.25, -0.2) is 9.67 Å². The maximum Gasteiger partial charge on any atom is 0.297 e. The highest BCUT2D eigenvalue weighted by atomic mass is 35.5. The average Bonchev–Trinajstić information content (AvgIpc) is 3.48. The highest BCUT2D eigenvalue weighted by molar-refractivity contribution is 7.13. The van der Waals surface area contributed by atoms with Gasteiger partial charge in [0.15, 0.2) is 11.6 Å². The molecule has 0 aliphatic carbocycles. The van der Waals surface area contributed by atoms with E-state index in [0.717, 1.165) is 36.0 Å². The summed E-state index contributed by atoms with van der Waals surface area (Å²) in [6.45, 7) is 2.70. The van der Waals surface area contributed by atoms with Crippen molar-refractivity contribution in [2.24, 2.45) is 0 Å². The standard InChI is InChI=1S/C19H19N7OS.ClH/c1-25-10-9-20-12-14(25)16-22-19(27-24-16)17-21-18(15-8-5-11-28-15)26(23-17)13-6-3-2-4-7-13;/h2-8,11,14,20H,9-10,12H2,1H3;1H. The highest BCUT2D eigenvalue weighted by Gasteiger charge is 2.27. The van der Waals surface area contributed by atoms with E-state index in [1.165, 1.54) is 0 Å². The lowest BCUT2D eigenvalue weighted by Gasteiger charge is -2.30. The van der Waals surface area contributed by atoms with Crippen LogP contribution in [0.5, 0.6) is 0 Å². The van der Waals surface area contributed by atoms with Gasteiger partial charge in [-0.15, -0.1) is 28.8 Å². The van der Waals surface area contributed by atoms with Crippen LogP contribution in [0, 0.1) is 0 Å². The largest absolute Gasteiger partial charge is 0.330 e. The molecule has 1 aromatic carbocycles. The summed E-state index contributed by atoms with van der Waals surface area (Å²) in [7, 11) is 2.07. The van der Waals surface area contributed by atoms with Crippen molar-refractivity contribution in [3.05, 3.63) is 53.7 Å². The van der Waals surface area contributed by atoms with Crippen LogP contribution in [-0.2, 0) is 0 Å². The van der Waals surface area contributed by atoms with Crippen molar-refractivity contribution < 1.29 is 4.52 Å². The summed E-state index contributed by atoms with van der Waals surface area (Å²) in [6.07, 6.45) is 0. The van der Waals surface area contributed by atoms with E-state index in [1.807, 2.05) is 52.5 Å². The topological polar surface area (TPSA) is 84.9 Å². The van der Waals surface area contributed by atoms with E-state index >= 15 is 0 Å². The van der Waals surface area contributed by atoms with Crippen molar-refractivity contribution >= 4 is 23.7 Å². The van der Waals surface area contributed by atoms with Crippen LogP contribution in [-0.4, -0.2) is 56.5 Å². The summed E-state index contributed by atoms with van der Waals surface area (Å²) < 4.78 is 7.34. The zero-order chi connectivity index (χ0) is 18.9. The molecule has 4 heterocycles. The van der Waals surface area contributed by atoms with Crippen molar-refractivity contribution in [3.63, 3.8) is 0 Å². The fraction of sp³-hybridized carbons (Fsp3) is 0.263. The normalized spacial score (nSPS) is 17.2. The number of rotatable bonds is 4. The van der Waals surface area contributed by atoms with Crippen LogP contribution < -0.4 is 5.32 Å². The van der Waals surface area contributed by atoms with Crippen LogP contribution in [0.3, 0.4) is 0 Å². The third-order valence-corrected chi connectivity index (χ3v) is 5.66. The van der Waals surface area contributed by atoms with Gasteiger partial charge in [-0.3, -0.25) is 4.90 Å². The number of thiophene rings is 1. The van der Waals surface area contributed by atoms with Crippen LogP contribution in [0.1, 0.15) is 11.9 Å². The third kappa shape index (κ3) is 3.82. The molecule has 0 amide bonds. The Hall–Kier alpha value is -2.59. The first-order valence-corrected chi connectivity index (χ1v) is 9.99. The van der Waals surface area contributed by atoms with Gasteiger partial charge >= 0.3 is 0 Å². The summed E-state index contributed by atoms with van der Waals surface area (Å²) in [4.78, 5) is 12.6. The minimum Gasteiger partial charge on any atom is -0.330 e. The maximum absolute atomic E-state index is 5.52. The second-order valence-electron chi connectivity index (χ2n) is 6.64. The van der Waals surface area contributed by atoms with Gasteiger partial charge in [-0.2, -0.15) is 4.98 Å². The van der Waals surface area contributed by atoms with Crippen molar-refractivity contribution in [1.29, 1.82) is 0 Å². The van der Waals surface area contributed by atoms with Crippen molar-refractivity contribution in [2.45, 2.75) is 6.04 Å². The molecule has 5 rings (SSSR count). The van der Waals surface area contributed by atoms with Crippen LogP contribution in [0.15, 0.2) is 52.4 Å². The van der Waals surface area contributed by atoms with E-state index in [4.69, 9.17) is 9.51 Å². The van der Waals surface area contributed by atoms with Crippen LogP contribution in [0.25, 0.3) is 28.1 Å². The van der Waals surface area contributed by atoms with E-state index in [1.54, 1.807) is 11.3 Å². The zero-order valence-electron chi connectivity index (χ0n) is 15.7. The Bertz CT molecular complexity index is 1060.